The summed E-state index contributed by atoms with van der Waals surface area (Å²) in [5, 5.41) is 0. The van der Waals surface area contributed by atoms with Crippen molar-refractivity contribution in [1.29, 1.82) is 0 Å². The molecule has 0 unspecified atom stereocenters. The summed E-state index contributed by atoms with van der Waals surface area (Å²) < 4.78 is 65.7. The van der Waals surface area contributed by atoms with Gasteiger partial charge >= 0.3 is 0 Å². The number of carbonyl (C=O) groups is 1. The topological polar surface area (TPSA) is 57.7 Å². The Morgan fingerprint density at radius 3 is 2.19 bits per heavy atom. The first kappa shape index (κ1) is 18.4. The van der Waals surface area contributed by atoms with E-state index in [9.17, 15) is 26.4 Å². The summed E-state index contributed by atoms with van der Waals surface area (Å²) in [5.74, 6) is -3.30. The Hall–Kier alpha value is -2.39. The number of benzene rings is 2. The minimum absolute atomic E-state index is 0.00237. The van der Waals surface area contributed by atoms with Crippen LogP contribution in [-0.2, 0) is 10.0 Å². The van der Waals surface area contributed by atoms with Gasteiger partial charge in [0.25, 0.3) is 5.91 Å². The van der Waals surface area contributed by atoms with Crippen LogP contribution in [0.3, 0.4) is 0 Å². The normalized spacial score (nSPS) is 15.9. The summed E-state index contributed by atoms with van der Waals surface area (Å²) in [7, 11) is -3.99. The minimum atomic E-state index is -3.99. The van der Waals surface area contributed by atoms with Gasteiger partial charge in [0.1, 0.15) is 5.82 Å². The second-order valence-electron chi connectivity index (χ2n) is 5.78. The molecule has 0 radical (unpaired) electrons. The number of hydrogen-bond donors (Lipinski definition) is 0. The highest BCUT2D eigenvalue weighted by Gasteiger charge is 2.31. The third-order valence-electron chi connectivity index (χ3n) is 4.13. The van der Waals surface area contributed by atoms with Crippen molar-refractivity contribution in [2.75, 3.05) is 26.2 Å². The molecule has 26 heavy (non-hydrogen) atoms. The first-order valence-corrected chi connectivity index (χ1v) is 9.23. The molecule has 0 bridgehead atoms. The van der Waals surface area contributed by atoms with E-state index in [1.54, 1.807) is 0 Å². The highest BCUT2D eigenvalue weighted by Crippen LogP contribution is 2.20. The van der Waals surface area contributed by atoms with Gasteiger partial charge in [0.05, 0.1) is 4.90 Å². The van der Waals surface area contributed by atoms with Crippen LogP contribution in [0.1, 0.15) is 10.4 Å². The quantitative estimate of drug-likeness (QED) is 0.816. The Bertz CT molecular complexity index is 942. The van der Waals surface area contributed by atoms with E-state index >= 15 is 0 Å². The molecule has 0 atom stereocenters. The molecule has 1 aliphatic rings. The molecule has 3 rings (SSSR count). The molecule has 0 saturated carbocycles. The third-order valence-corrected chi connectivity index (χ3v) is 6.02. The van der Waals surface area contributed by atoms with Gasteiger partial charge < -0.3 is 4.90 Å². The van der Waals surface area contributed by atoms with Gasteiger partial charge in [-0.25, -0.2) is 21.6 Å². The van der Waals surface area contributed by atoms with Gasteiger partial charge in [-0.15, -0.1) is 0 Å². The maximum Gasteiger partial charge on any atom is 0.254 e. The van der Waals surface area contributed by atoms with E-state index in [-0.39, 0.29) is 36.6 Å². The lowest BCUT2D eigenvalue weighted by molar-refractivity contribution is 0.0697. The van der Waals surface area contributed by atoms with Crippen molar-refractivity contribution in [2.45, 2.75) is 4.90 Å². The fourth-order valence-electron chi connectivity index (χ4n) is 2.72. The van der Waals surface area contributed by atoms with Crippen molar-refractivity contribution < 1.29 is 26.4 Å². The van der Waals surface area contributed by atoms with Crippen molar-refractivity contribution in [2.24, 2.45) is 0 Å². The Kier molecular flexibility index (Phi) is 5.01. The molecule has 2 aromatic rings. The van der Waals surface area contributed by atoms with Crippen LogP contribution in [0, 0.1) is 17.5 Å². The molecule has 0 aromatic heterocycles. The van der Waals surface area contributed by atoms with Crippen LogP contribution in [0.2, 0.25) is 0 Å². The van der Waals surface area contributed by atoms with E-state index in [1.165, 1.54) is 23.1 Å². The number of halogens is 3. The highest BCUT2D eigenvalue weighted by atomic mass is 32.2. The first-order valence-electron chi connectivity index (χ1n) is 7.79. The smallest absolute Gasteiger partial charge is 0.254 e. The minimum Gasteiger partial charge on any atom is -0.336 e. The van der Waals surface area contributed by atoms with Gasteiger partial charge in [0.2, 0.25) is 10.0 Å². The van der Waals surface area contributed by atoms with Crippen LogP contribution in [-0.4, -0.2) is 49.7 Å². The maximum absolute atomic E-state index is 13.3. The molecule has 1 saturated heterocycles. The second-order valence-corrected chi connectivity index (χ2v) is 7.72. The second kappa shape index (κ2) is 7.08. The third kappa shape index (κ3) is 3.58. The Balaban J connectivity index is 1.71. The van der Waals surface area contributed by atoms with Crippen molar-refractivity contribution in [3.63, 3.8) is 0 Å². The summed E-state index contributed by atoms with van der Waals surface area (Å²) >= 11 is 0. The monoisotopic (exact) mass is 384 g/mol. The van der Waals surface area contributed by atoms with Gasteiger partial charge in [0, 0.05) is 31.7 Å². The number of carbonyl (C=O) groups excluding carboxylic acids is 1. The molecule has 1 fully saturated rings. The average molecular weight is 384 g/mol. The summed E-state index contributed by atoms with van der Waals surface area (Å²) in [4.78, 5) is 13.4. The number of amides is 1. The van der Waals surface area contributed by atoms with Crippen LogP contribution in [0.25, 0.3) is 0 Å². The number of rotatable bonds is 3. The molecular weight excluding hydrogens is 369 g/mol. The SMILES string of the molecule is O=C(c1cccc(F)c1)N1CCN(S(=O)(=O)c2ccc(F)c(F)c2)CC1. The molecular formula is C17H15F3N2O3S. The zero-order chi connectivity index (χ0) is 18.9. The summed E-state index contributed by atoms with van der Waals surface area (Å²) in [6.45, 7) is 0.223. The van der Waals surface area contributed by atoms with Gasteiger partial charge in [-0.05, 0) is 36.4 Å². The molecule has 1 heterocycles. The van der Waals surface area contributed by atoms with Crippen LogP contribution in [0.5, 0.6) is 0 Å². The van der Waals surface area contributed by atoms with Crippen molar-refractivity contribution in [1.82, 2.24) is 9.21 Å². The molecule has 9 heteroatoms. The van der Waals surface area contributed by atoms with E-state index in [2.05, 4.69) is 0 Å². The van der Waals surface area contributed by atoms with Crippen LogP contribution in [0.15, 0.2) is 47.4 Å². The predicted molar refractivity (Wildman–Crippen MR) is 87.4 cm³/mol. The zero-order valence-corrected chi connectivity index (χ0v) is 14.3. The predicted octanol–water partition coefficient (Wildman–Crippen LogP) is 2.25. The largest absolute Gasteiger partial charge is 0.336 e. The molecule has 138 valence electrons. The maximum atomic E-state index is 13.3. The molecule has 2 aromatic carbocycles. The Morgan fingerprint density at radius 1 is 0.885 bits per heavy atom. The standard InChI is InChI=1S/C17H15F3N2O3S/c18-13-3-1-2-12(10-13)17(23)21-6-8-22(9-7-21)26(24,25)14-4-5-15(19)16(20)11-14/h1-5,10-11H,6-9H2. The first-order chi connectivity index (χ1) is 12.3. The van der Waals surface area contributed by atoms with Gasteiger partial charge in [-0.2, -0.15) is 4.31 Å². The summed E-state index contributed by atoms with van der Waals surface area (Å²) in [6.07, 6.45) is 0. The number of hydrogen-bond acceptors (Lipinski definition) is 3. The summed E-state index contributed by atoms with van der Waals surface area (Å²) in [6, 6.07) is 7.64. The van der Waals surface area contributed by atoms with Crippen molar-refractivity contribution in [3.05, 3.63) is 65.5 Å². The fourth-order valence-corrected chi connectivity index (χ4v) is 4.16. The number of nitrogens with zero attached hydrogens (tertiary/aromatic N) is 2. The van der Waals surface area contributed by atoms with E-state index in [4.69, 9.17) is 0 Å². The molecule has 1 amide bonds. The summed E-state index contributed by atoms with van der Waals surface area (Å²) in [5.41, 5.74) is 0.182. The van der Waals surface area contributed by atoms with E-state index in [0.717, 1.165) is 22.5 Å². The number of sulfonamides is 1. The molecule has 0 aliphatic carbocycles. The molecule has 0 N–H and O–H groups in total. The lowest BCUT2D eigenvalue weighted by Gasteiger charge is -2.34. The van der Waals surface area contributed by atoms with Crippen molar-refractivity contribution >= 4 is 15.9 Å². The van der Waals surface area contributed by atoms with Gasteiger partial charge in [-0.1, -0.05) is 6.07 Å². The van der Waals surface area contributed by atoms with Gasteiger partial charge in [0.15, 0.2) is 11.6 Å². The lowest BCUT2D eigenvalue weighted by Crippen LogP contribution is -2.50. The zero-order valence-electron chi connectivity index (χ0n) is 13.5. The molecule has 1 aliphatic heterocycles. The Morgan fingerprint density at radius 2 is 1.58 bits per heavy atom. The van der Waals surface area contributed by atoms with E-state index in [0.29, 0.717) is 6.07 Å². The van der Waals surface area contributed by atoms with Crippen LogP contribution >= 0.6 is 0 Å². The van der Waals surface area contributed by atoms with Crippen LogP contribution < -0.4 is 0 Å². The lowest BCUT2D eigenvalue weighted by atomic mass is 10.2. The number of piperazine rings is 1. The van der Waals surface area contributed by atoms with E-state index < -0.39 is 33.4 Å². The molecule has 5 nitrogen and oxygen atoms in total. The van der Waals surface area contributed by atoms with Crippen molar-refractivity contribution in [3.8, 4) is 0 Å². The van der Waals surface area contributed by atoms with Crippen LogP contribution in [0.4, 0.5) is 13.2 Å². The van der Waals surface area contributed by atoms with Gasteiger partial charge in [-0.3, -0.25) is 4.79 Å². The average Bonchev–Trinajstić information content (AvgIpc) is 2.63. The fraction of sp³-hybridized carbons (Fsp3) is 0.235. The van der Waals surface area contributed by atoms with E-state index in [1.807, 2.05) is 0 Å². The molecule has 0 spiro atoms. The highest BCUT2D eigenvalue weighted by molar-refractivity contribution is 7.89. The Labute approximate surface area is 148 Å².